The van der Waals surface area contributed by atoms with E-state index in [1.54, 1.807) is 44.6 Å². The Hall–Kier alpha value is -3.59. The van der Waals surface area contributed by atoms with Crippen molar-refractivity contribution in [3.05, 3.63) is 53.1 Å². The second-order valence-corrected chi connectivity index (χ2v) is 10.2. The van der Waals surface area contributed by atoms with Gasteiger partial charge in [-0.3, -0.25) is 19.3 Å². The molecule has 38 heavy (non-hydrogen) atoms. The number of carbonyl (C=O) groups excluding carboxylic acids is 3. The van der Waals surface area contributed by atoms with E-state index < -0.39 is 6.04 Å². The average molecular weight is 524 g/mol. The van der Waals surface area contributed by atoms with Crippen LogP contribution in [0.5, 0.6) is 17.2 Å². The first kappa shape index (κ1) is 27.4. The quantitative estimate of drug-likeness (QED) is 0.355. The molecule has 204 valence electrons. The first-order chi connectivity index (χ1) is 18.2. The Balaban J connectivity index is 1.64. The van der Waals surface area contributed by atoms with Crippen LogP contribution in [-0.2, 0) is 4.79 Å². The number of benzene rings is 2. The highest BCUT2D eigenvalue weighted by molar-refractivity contribution is 6.22. The number of likely N-dealkylation sites (N-methyl/N-ethyl adjacent to an activating group) is 1. The van der Waals surface area contributed by atoms with Crippen LogP contribution in [0.2, 0.25) is 0 Å². The van der Waals surface area contributed by atoms with Crippen LogP contribution in [0.15, 0.2) is 36.4 Å². The Kier molecular flexibility index (Phi) is 8.56. The monoisotopic (exact) mass is 523 g/mol. The number of rotatable bonds is 11. The Labute approximate surface area is 224 Å². The number of methoxy groups -OCH3 is 2. The smallest absolute Gasteiger partial charge is 0.265 e. The normalized spacial score (nSPS) is 18.1. The van der Waals surface area contributed by atoms with Crippen LogP contribution in [-0.4, -0.2) is 74.5 Å². The van der Waals surface area contributed by atoms with Crippen molar-refractivity contribution in [1.82, 2.24) is 15.1 Å². The average Bonchev–Trinajstić information content (AvgIpc) is 3.43. The Morgan fingerprint density at radius 3 is 2.47 bits per heavy atom. The number of likely N-dealkylation sites (tertiary alicyclic amines) is 1. The Morgan fingerprint density at radius 1 is 1.05 bits per heavy atom. The standard InChI is InChI=1S/C29H37N3O6/c1-18(2)27(33)30-14-7-9-22(19-11-12-23(36-4)25(16-19)37-5)32-28(34)21-8-6-10-24(26(21)29(32)35)38-20-13-15-31(3)17-20/h6,8,10-12,16,18,20,22H,7,9,13-15,17H2,1-5H3,(H,30,33). The zero-order valence-corrected chi connectivity index (χ0v) is 22.8. The van der Waals surface area contributed by atoms with Gasteiger partial charge in [-0.2, -0.15) is 0 Å². The summed E-state index contributed by atoms with van der Waals surface area (Å²) in [5, 5.41) is 2.92. The second kappa shape index (κ2) is 11.9. The zero-order chi connectivity index (χ0) is 27.4. The molecule has 2 unspecified atom stereocenters. The van der Waals surface area contributed by atoms with E-state index in [-0.39, 0.29) is 29.7 Å². The fourth-order valence-electron chi connectivity index (χ4n) is 5.04. The first-order valence-electron chi connectivity index (χ1n) is 13.1. The van der Waals surface area contributed by atoms with Crippen molar-refractivity contribution in [2.45, 2.75) is 45.3 Å². The predicted octanol–water partition coefficient (Wildman–Crippen LogP) is 3.68. The number of hydrogen-bond donors (Lipinski definition) is 1. The molecule has 1 N–H and O–H groups in total. The van der Waals surface area contributed by atoms with Gasteiger partial charge in [0.1, 0.15) is 11.9 Å². The van der Waals surface area contributed by atoms with E-state index >= 15 is 0 Å². The van der Waals surface area contributed by atoms with Gasteiger partial charge in [0.05, 0.1) is 31.4 Å². The Morgan fingerprint density at radius 2 is 1.82 bits per heavy atom. The highest BCUT2D eigenvalue weighted by Crippen LogP contribution is 2.40. The van der Waals surface area contributed by atoms with E-state index in [2.05, 4.69) is 10.2 Å². The molecule has 0 bridgehead atoms. The van der Waals surface area contributed by atoms with Gasteiger partial charge >= 0.3 is 0 Å². The van der Waals surface area contributed by atoms with E-state index in [4.69, 9.17) is 14.2 Å². The molecule has 9 heteroatoms. The molecule has 0 aliphatic carbocycles. The van der Waals surface area contributed by atoms with Gasteiger partial charge < -0.3 is 24.4 Å². The van der Waals surface area contributed by atoms with Crippen LogP contribution in [0.3, 0.4) is 0 Å². The number of hydrogen-bond acceptors (Lipinski definition) is 7. The fraction of sp³-hybridized carbons (Fsp3) is 0.483. The molecule has 2 heterocycles. The van der Waals surface area contributed by atoms with E-state index in [0.29, 0.717) is 47.8 Å². The van der Waals surface area contributed by atoms with Crippen LogP contribution in [0, 0.1) is 5.92 Å². The molecular formula is C29H37N3O6. The van der Waals surface area contributed by atoms with Crippen LogP contribution in [0.4, 0.5) is 0 Å². The third kappa shape index (κ3) is 5.62. The minimum absolute atomic E-state index is 0.0327. The van der Waals surface area contributed by atoms with Gasteiger partial charge in [-0.05, 0) is 56.1 Å². The molecular weight excluding hydrogens is 486 g/mol. The molecule has 2 aromatic carbocycles. The maximum atomic E-state index is 13.9. The maximum Gasteiger partial charge on any atom is 0.265 e. The number of ether oxygens (including phenoxy) is 3. The van der Waals surface area contributed by atoms with Gasteiger partial charge in [0.25, 0.3) is 11.8 Å². The molecule has 4 rings (SSSR count). The van der Waals surface area contributed by atoms with Crippen molar-refractivity contribution >= 4 is 17.7 Å². The summed E-state index contributed by atoms with van der Waals surface area (Å²) in [7, 11) is 5.14. The van der Waals surface area contributed by atoms with Crippen LogP contribution in [0.1, 0.15) is 65.4 Å². The molecule has 1 saturated heterocycles. The SMILES string of the molecule is COc1ccc(C(CCCNC(=O)C(C)C)N2C(=O)c3cccc(OC4CCN(C)C4)c3C2=O)cc1OC. The molecule has 9 nitrogen and oxygen atoms in total. The highest BCUT2D eigenvalue weighted by atomic mass is 16.5. The predicted molar refractivity (Wildman–Crippen MR) is 143 cm³/mol. The number of nitrogens with zero attached hydrogens (tertiary/aromatic N) is 2. The molecule has 0 radical (unpaired) electrons. The number of carbonyl (C=O) groups is 3. The van der Waals surface area contributed by atoms with Crippen LogP contribution >= 0.6 is 0 Å². The molecule has 2 aliphatic rings. The number of fused-ring (bicyclic) bond motifs is 1. The fourth-order valence-corrected chi connectivity index (χ4v) is 5.04. The van der Waals surface area contributed by atoms with Gasteiger partial charge in [0, 0.05) is 25.6 Å². The summed E-state index contributed by atoms with van der Waals surface area (Å²) in [4.78, 5) is 43.1. The minimum atomic E-state index is -0.566. The van der Waals surface area contributed by atoms with Crippen molar-refractivity contribution in [2.24, 2.45) is 5.92 Å². The third-order valence-corrected chi connectivity index (χ3v) is 7.13. The van der Waals surface area contributed by atoms with Gasteiger partial charge in [0.2, 0.25) is 5.91 Å². The van der Waals surface area contributed by atoms with Crippen molar-refractivity contribution in [1.29, 1.82) is 0 Å². The van der Waals surface area contributed by atoms with Gasteiger partial charge in [-0.15, -0.1) is 0 Å². The largest absolute Gasteiger partial charge is 0.493 e. The van der Waals surface area contributed by atoms with Crippen molar-refractivity contribution in [3.63, 3.8) is 0 Å². The number of amides is 3. The maximum absolute atomic E-state index is 13.9. The Bertz CT molecular complexity index is 1200. The van der Waals surface area contributed by atoms with Gasteiger partial charge in [0.15, 0.2) is 11.5 Å². The number of nitrogens with one attached hydrogen (secondary N) is 1. The molecule has 2 aliphatic heterocycles. The lowest BCUT2D eigenvalue weighted by Crippen LogP contribution is -2.35. The van der Waals surface area contributed by atoms with Crippen LogP contribution < -0.4 is 19.5 Å². The van der Waals surface area contributed by atoms with Crippen molar-refractivity contribution < 1.29 is 28.6 Å². The second-order valence-electron chi connectivity index (χ2n) is 10.2. The molecule has 0 aromatic heterocycles. The molecule has 2 aromatic rings. The lowest BCUT2D eigenvalue weighted by atomic mass is 9.99. The summed E-state index contributed by atoms with van der Waals surface area (Å²) in [6.07, 6.45) is 1.86. The molecule has 3 amide bonds. The minimum Gasteiger partial charge on any atom is -0.493 e. The number of imide groups is 1. The summed E-state index contributed by atoms with van der Waals surface area (Å²) >= 11 is 0. The topological polar surface area (TPSA) is 97.4 Å². The van der Waals surface area contributed by atoms with E-state index in [1.807, 2.05) is 27.0 Å². The van der Waals surface area contributed by atoms with E-state index in [0.717, 1.165) is 25.1 Å². The van der Waals surface area contributed by atoms with Crippen LogP contribution in [0.25, 0.3) is 0 Å². The van der Waals surface area contributed by atoms with Gasteiger partial charge in [-0.1, -0.05) is 26.0 Å². The van der Waals surface area contributed by atoms with E-state index in [9.17, 15) is 14.4 Å². The summed E-state index contributed by atoms with van der Waals surface area (Å²) in [6, 6.07) is 10.0. The molecule has 0 saturated carbocycles. The summed E-state index contributed by atoms with van der Waals surface area (Å²) in [5.74, 6) is 0.619. The zero-order valence-electron chi connectivity index (χ0n) is 22.8. The molecule has 0 spiro atoms. The molecule has 2 atom stereocenters. The molecule has 1 fully saturated rings. The summed E-state index contributed by atoms with van der Waals surface area (Å²) in [5.41, 5.74) is 1.40. The first-order valence-corrected chi connectivity index (χ1v) is 13.1. The summed E-state index contributed by atoms with van der Waals surface area (Å²) < 4.78 is 17.1. The lowest BCUT2D eigenvalue weighted by Gasteiger charge is -2.27. The highest BCUT2D eigenvalue weighted by Gasteiger charge is 2.43. The van der Waals surface area contributed by atoms with Gasteiger partial charge in [-0.25, -0.2) is 0 Å². The van der Waals surface area contributed by atoms with Crippen molar-refractivity contribution in [3.8, 4) is 17.2 Å². The summed E-state index contributed by atoms with van der Waals surface area (Å²) in [6.45, 7) is 5.81. The third-order valence-electron chi connectivity index (χ3n) is 7.13. The van der Waals surface area contributed by atoms with E-state index in [1.165, 1.54) is 4.90 Å². The van der Waals surface area contributed by atoms with Crippen molar-refractivity contribution in [2.75, 3.05) is 40.9 Å². The lowest BCUT2D eigenvalue weighted by molar-refractivity contribution is -0.124.